The topological polar surface area (TPSA) is 18.5 Å². The van der Waals surface area contributed by atoms with Gasteiger partial charge in [0.05, 0.1) is 13.2 Å². The zero-order valence-corrected chi connectivity index (χ0v) is 9.38. The Labute approximate surface area is 86.3 Å². The van der Waals surface area contributed by atoms with Crippen LogP contribution in [0.1, 0.15) is 33.6 Å². The molecule has 0 amide bonds. The van der Waals surface area contributed by atoms with Gasteiger partial charge in [-0.3, -0.25) is 0 Å². The summed E-state index contributed by atoms with van der Waals surface area (Å²) in [6.07, 6.45) is 4.65. The molecule has 0 radical (unpaired) electrons. The van der Waals surface area contributed by atoms with Crippen LogP contribution >= 0.6 is 0 Å². The first-order chi connectivity index (χ1) is 6.62. The van der Waals surface area contributed by atoms with Crippen molar-refractivity contribution in [3.63, 3.8) is 0 Å². The highest BCUT2D eigenvalue weighted by atomic mass is 16.7. The minimum Gasteiger partial charge on any atom is -0.352 e. The molecule has 1 saturated heterocycles. The molecule has 80 valence electrons. The van der Waals surface area contributed by atoms with E-state index < -0.39 is 0 Å². The lowest BCUT2D eigenvalue weighted by Crippen LogP contribution is -2.46. The van der Waals surface area contributed by atoms with Crippen LogP contribution in [0.3, 0.4) is 0 Å². The Kier molecular flexibility index (Phi) is 2.67. The Morgan fingerprint density at radius 3 is 2.50 bits per heavy atom. The molecule has 0 unspecified atom stereocenters. The van der Waals surface area contributed by atoms with Crippen LogP contribution in [0.2, 0.25) is 0 Å². The predicted molar refractivity (Wildman–Crippen MR) is 56.0 cm³/mol. The molecule has 0 aromatic heterocycles. The molecule has 1 atom stereocenters. The van der Waals surface area contributed by atoms with E-state index >= 15 is 0 Å². The van der Waals surface area contributed by atoms with Crippen LogP contribution < -0.4 is 0 Å². The van der Waals surface area contributed by atoms with E-state index in [9.17, 15) is 0 Å². The molecular weight excluding hydrogens is 176 g/mol. The van der Waals surface area contributed by atoms with Crippen molar-refractivity contribution in [2.24, 2.45) is 11.3 Å². The molecule has 2 nitrogen and oxygen atoms in total. The summed E-state index contributed by atoms with van der Waals surface area (Å²) in [5, 5.41) is 0. The van der Waals surface area contributed by atoms with E-state index in [1.54, 1.807) is 0 Å². The second kappa shape index (κ2) is 3.67. The summed E-state index contributed by atoms with van der Waals surface area (Å²) in [7, 11) is 0. The van der Waals surface area contributed by atoms with Gasteiger partial charge in [0.1, 0.15) is 0 Å². The molecule has 1 fully saturated rings. The van der Waals surface area contributed by atoms with Gasteiger partial charge in [-0.05, 0) is 32.6 Å². The van der Waals surface area contributed by atoms with Gasteiger partial charge in [-0.1, -0.05) is 18.6 Å². The monoisotopic (exact) mass is 196 g/mol. The average Bonchev–Trinajstić information content (AvgIpc) is 2.16. The lowest BCUT2D eigenvalue weighted by molar-refractivity contribution is -0.232. The third kappa shape index (κ3) is 1.73. The molecular formula is C12H20O2. The fraction of sp³-hybridized carbons (Fsp3) is 0.833. The molecule has 0 N–H and O–H groups in total. The van der Waals surface area contributed by atoms with Gasteiger partial charge in [-0.15, -0.1) is 0 Å². The largest absolute Gasteiger partial charge is 0.352 e. The van der Waals surface area contributed by atoms with Crippen LogP contribution in [-0.4, -0.2) is 19.5 Å². The Bertz CT molecular complexity index is 237. The van der Waals surface area contributed by atoms with Crippen molar-refractivity contribution < 1.29 is 9.47 Å². The highest BCUT2D eigenvalue weighted by molar-refractivity contribution is 5.10. The van der Waals surface area contributed by atoms with E-state index in [0.29, 0.717) is 5.92 Å². The molecule has 1 aliphatic heterocycles. The molecule has 1 aliphatic carbocycles. The first-order valence-corrected chi connectivity index (χ1v) is 5.51. The summed E-state index contributed by atoms with van der Waals surface area (Å²) in [4.78, 5) is 0. The molecule has 2 aliphatic rings. The van der Waals surface area contributed by atoms with Crippen molar-refractivity contribution in [1.82, 2.24) is 0 Å². The van der Waals surface area contributed by atoms with Gasteiger partial charge in [0.2, 0.25) is 0 Å². The predicted octanol–water partition coefficient (Wildman–Crippen LogP) is 2.74. The SMILES string of the molecule is CC1=CCC2(COC(C)OC2)[C@@H](C)C1. The quantitative estimate of drug-likeness (QED) is 0.555. The van der Waals surface area contributed by atoms with Crippen molar-refractivity contribution >= 4 is 0 Å². The Morgan fingerprint density at radius 1 is 1.29 bits per heavy atom. The third-order valence-electron chi connectivity index (χ3n) is 3.74. The van der Waals surface area contributed by atoms with Crippen molar-refractivity contribution in [3.05, 3.63) is 11.6 Å². The minimum absolute atomic E-state index is 0.0140. The zero-order chi connectivity index (χ0) is 10.2. The lowest BCUT2D eigenvalue weighted by atomic mass is 9.68. The van der Waals surface area contributed by atoms with E-state index in [0.717, 1.165) is 19.6 Å². The zero-order valence-electron chi connectivity index (χ0n) is 9.38. The molecule has 0 aromatic rings. The van der Waals surface area contributed by atoms with Crippen LogP contribution in [0.15, 0.2) is 11.6 Å². The number of hydrogen-bond acceptors (Lipinski definition) is 2. The average molecular weight is 196 g/mol. The molecule has 1 spiro atoms. The van der Waals surface area contributed by atoms with Gasteiger partial charge >= 0.3 is 0 Å². The van der Waals surface area contributed by atoms with Gasteiger partial charge in [0.15, 0.2) is 6.29 Å². The lowest BCUT2D eigenvalue weighted by Gasteiger charge is -2.45. The van der Waals surface area contributed by atoms with Crippen LogP contribution in [-0.2, 0) is 9.47 Å². The summed E-state index contributed by atoms with van der Waals surface area (Å²) in [5.41, 5.74) is 1.77. The van der Waals surface area contributed by atoms with Gasteiger partial charge in [-0.25, -0.2) is 0 Å². The van der Waals surface area contributed by atoms with Crippen molar-refractivity contribution in [2.75, 3.05) is 13.2 Å². The highest BCUT2D eigenvalue weighted by Crippen LogP contribution is 2.43. The van der Waals surface area contributed by atoms with Crippen LogP contribution in [0.5, 0.6) is 0 Å². The second-order valence-electron chi connectivity index (χ2n) is 4.91. The fourth-order valence-corrected chi connectivity index (χ4v) is 2.42. The van der Waals surface area contributed by atoms with Gasteiger partial charge < -0.3 is 9.47 Å². The maximum Gasteiger partial charge on any atom is 0.154 e. The smallest absolute Gasteiger partial charge is 0.154 e. The number of ether oxygens (including phenoxy) is 2. The molecule has 14 heavy (non-hydrogen) atoms. The Morgan fingerprint density at radius 2 is 1.93 bits per heavy atom. The first kappa shape index (κ1) is 10.2. The van der Waals surface area contributed by atoms with Crippen LogP contribution in [0.25, 0.3) is 0 Å². The normalized spacial score (nSPS) is 43.8. The van der Waals surface area contributed by atoms with Crippen molar-refractivity contribution in [2.45, 2.75) is 39.9 Å². The van der Waals surface area contributed by atoms with E-state index in [2.05, 4.69) is 19.9 Å². The van der Waals surface area contributed by atoms with Crippen LogP contribution in [0.4, 0.5) is 0 Å². The van der Waals surface area contributed by atoms with E-state index in [1.807, 2.05) is 6.92 Å². The summed E-state index contributed by atoms with van der Waals surface area (Å²) in [6, 6.07) is 0. The van der Waals surface area contributed by atoms with Gasteiger partial charge in [-0.2, -0.15) is 0 Å². The fourth-order valence-electron chi connectivity index (χ4n) is 2.42. The molecule has 0 saturated carbocycles. The van der Waals surface area contributed by atoms with E-state index in [1.165, 1.54) is 12.0 Å². The van der Waals surface area contributed by atoms with Gasteiger partial charge in [0, 0.05) is 5.41 Å². The standard InChI is InChI=1S/C12H20O2/c1-9-4-5-12(10(2)6-9)7-13-11(3)14-8-12/h4,10-11H,5-8H2,1-3H3/t10-,11?,12?/m0/s1. The van der Waals surface area contributed by atoms with E-state index in [-0.39, 0.29) is 11.7 Å². The Balaban J connectivity index is 2.09. The Hall–Kier alpha value is -0.340. The first-order valence-electron chi connectivity index (χ1n) is 5.51. The maximum absolute atomic E-state index is 5.63. The molecule has 0 bridgehead atoms. The second-order valence-corrected chi connectivity index (χ2v) is 4.91. The van der Waals surface area contributed by atoms with Crippen molar-refractivity contribution in [1.29, 1.82) is 0 Å². The molecule has 2 rings (SSSR count). The summed E-state index contributed by atoms with van der Waals surface area (Å²) in [5.74, 6) is 0.681. The number of allylic oxidation sites excluding steroid dienone is 2. The minimum atomic E-state index is -0.0140. The summed E-state index contributed by atoms with van der Waals surface area (Å²) in [6.45, 7) is 8.23. The molecule has 1 heterocycles. The van der Waals surface area contributed by atoms with Gasteiger partial charge in [0.25, 0.3) is 0 Å². The highest BCUT2D eigenvalue weighted by Gasteiger charge is 2.41. The number of hydrogen-bond donors (Lipinski definition) is 0. The maximum atomic E-state index is 5.63. The number of rotatable bonds is 0. The van der Waals surface area contributed by atoms with E-state index in [4.69, 9.17) is 9.47 Å². The van der Waals surface area contributed by atoms with Crippen LogP contribution in [0, 0.1) is 11.3 Å². The molecule has 2 heteroatoms. The third-order valence-corrected chi connectivity index (χ3v) is 3.74. The molecule has 0 aromatic carbocycles. The summed E-state index contributed by atoms with van der Waals surface area (Å²) < 4.78 is 11.3. The van der Waals surface area contributed by atoms with Crippen molar-refractivity contribution in [3.8, 4) is 0 Å². The summed E-state index contributed by atoms with van der Waals surface area (Å²) >= 11 is 0.